The molecule has 0 heterocycles. The van der Waals surface area contributed by atoms with Gasteiger partial charge >= 0.3 is 0 Å². The van der Waals surface area contributed by atoms with E-state index in [1.54, 1.807) is 12.1 Å². The smallest absolute Gasteiger partial charge is 0.132 e. The molecule has 1 aromatic rings. The van der Waals surface area contributed by atoms with E-state index in [9.17, 15) is 4.39 Å². The molecule has 2 N–H and O–H groups in total. The predicted octanol–water partition coefficient (Wildman–Crippen LogP) is 1.23. The highest BCUT2D eigenvalue weighted by Crippen LogP contribution is 2.20. The molecule has 1 rings (SSSR count). The minimum atomic E-state index is -0.480. The zero-order valence-corrected chi connectivity index (χ0v) is 7.20. The lowest BCUT2D eigenvalue weighted by Gasteiger charge is -2.11. The van der Waals surface area contributed by atoms with Crippen LogP contribution in [0.1, 0.15) is 17.0 Å². The van der Waals surface area contributed by atoms with Crippen molar-refractivity contribution in [1.29, 1.82) is 0 Å². The molecule has 0 spiro atoms. The van der Waals surface area contributed by atoms with Gasteiger partial charge in [0.25, 0.3) is 0 Å². The van der Waals surface area contributed by atoms with Crippen LogP contribution in [0, 0.1) is 12.7 Å². The molecule has 71 valence electrons. The molecule has 13 heavy (non-hydrogen) atoms. The van der Waals surface area contributed by atoms with E-state index in [1.165, 1.54) is 6.07 Å². The van der Waals surface area contributed by atoms with Gasteiger partial charge in [-0.3, -0.25) is 0 Å². The van der Waals surface area contributed by atoms with Crippen molar-refractivity contribution in [1.82, 2.24) is 0 Å². The van der Waals surface area contributed by atoms with Gasteiger partial charge in [0, 0.05) is 11.5 Å². The first-order valence-electron chi connectivity index (χ1n) is 4.02. The van der Waals surface area contributed by atoms with Crippen molar-refractivity contribution in [3.8, 4) is 0 Å². The fourth-order valence-electron chi connectivity index (χ4n) is 1.14. The van der Waals surface area contributed by atoms with Gasteiger partial charge in [0.15, 0.2) is 0 Å². The number of aliphatic hydroxyl groups is 2. The van der Waals surface area contributed by atoms with Crippen molar-refractivity contribution in [2.75, 3.05) is 6.61 Å². The zero-order valence-electron chi connectivity index (χ0n) is 7.20. The van der Waals surface area contributed by atoms with Gasteiger partial charge in [0.1, 0.15) is 5.82 Å². The fourth-order valence-corrected chi connectivity index (χ4v) is 1.14. The van der Waals surface area contributed by atoms with Crippen LogP contribution in [-0.2, 0) is 6.61 Å². The summed E-state index contributed by atoms with van der Waals surface area (Å²) < 4.78 is 13.4. The standard InChI is InChI=1S/C10H12FO2/c1-7(5-12)9-4-2-3-8(6-13)10(9)11/h2-4,7,12-13H,1,5-6H2. The predicted molar refractivity (Wildman–Crippen MR) is 47.5 cm³/mol. The monoisotopic (exact) mass is 183 g/mol. The lowest BCUT2D eigenvalue weighted by Crippen LogP contribution is -2.04. The van der Waals surface area contributed by atoms with Crippen LogP contribution in [0.3, 0.4) is 0 Å². The van der Waals surface area contributed by atoms with Crippen LogP contribution in [0.15, 0.2) is 18.2 Å². The van der Waals surface area contributed by atoms with Crippen molar-refractivity contribution in [2.24, 2.45) is 0 Å². The maximum absolute atomic E-state index is 13.4. The van der Waals surface area contributed by atoms with Crippen LogP contribution in [0.2, 0.25) is 0 Å². The lowest BCUT2D eigenvalue weighted by atomic mass is 9.99. The van der Waals surface area contributed by atoms with Gasteiger partial charge in [-0.05, 0) is 12.5 Å². The van der Waals surface area contributed by atoms with Crippen LogP contribution in [0.25, 0.3) is 0 Å². The fraction of sp³-hybridized carbons (Fsp3) is 0.300. The molecular weight excluding hydrogens is 171 g/mol. The van der Waals surface area contributed by atoms with E-state index < -0.39 is 11.7 Å². The highest BCUT2D eigenvalue weighted by molar-refractivity contribution is 5.29. The SMILES string of the molecule is [CH2]C(CO)c1cccc(CO)c1F. The number of halogens is 1. The first kappa shape index (κ1) is 10.2. The van der Waals surface area contributed by atoms with E-state index in [-0.39, 0.29) is 18.8 Å². The van der Waals surface area contributed by atoms with Crippen LogP contribution in [0.4, 0.5) is 4.39 Å². The van der Waals surface area contributed by atoms with Crippen molar-refractivity contribution in [3.63, 3.8) is 0 Å². The van der Waals surface area contributed by atoms with Crippen molar-refractivity contribution in [3.05, 3.63) is 42.1 Å². The summed E-state index contributed by atoms with van der Waals surface area (Å²) in [5, 5.41) is 17.6. The van der Waals surface area contributed by atoms with Gasteiger partial charge in [-0.25, -0.2) is 4.39 Å². The molecule has 0 aliphatic heterocycles. The van der Waals surface area contributed by atoms with Gasteiger partial charge in [0.05, 0.1) is 13.2 Å². The van der Waals surface area contributed by atoms with Gasteiger partial charge < -0.3 is 10.2 Å². The molecule has 0 bridgehead atoms. The molecule has 0 saturated heterocycles. The summed E-state index contributed by atoms with van der Waals surface area (Å²) in [5.74, 6) is -0.953. The second kappa shape index (κ2) is 4.35. The van der Waals surface area contributed by atoms with E-state index in [1.807, 2.05) is 0 Å². The summed E-state index contributed by atoms with van der Waals surface area (Å²) in [6, 6.07) is 4.70. The number of hydrogen-bond donors (Lipinski definition) is 2. The van der Waals surface area contributed by atoms with E-state index in [0.29, 0.717) is 5.56 Å². The third-order valence-corrected chi connectivity index (χ3v) is 1.94. The summed E-state index contributed by atoms with van der Waals surface area (Å²) in [7, 11) is 0. The third kappa shape index (κ3) is 2.05. The molecule has 0 saturated carbocycles. The molecule has 0 aromatic heterocycles. The molecule has 0 aliphatic carbocycles. The summed E-state index contributed by atoms with van der Waals surface area (Å²) in [4.78, 5) is 0. The Balaban J connectivity index is 3.08. The second-order valence-electron chi connectivity index (χ2n) is 2.86. The molecule has 1 aromatic carbocycles. The van der Waals surface area contributed by atoms with E-state index >= 15 is 0 Å². The normalized spacial score (nSPS) is 12.9. The average molecular weight is 183 g/mol. The second-order valence-corrected chi connectivity index (χ2v) is 2.86. The highest BCUT2D eigenvalue weighted by atomic mass is 19.1. The molecule has 1 radical (unpaired) electrons. The summed E-state index contributed by atoms with van der Waals surface area (Å²) in [5.41, 5.74) is 0.577. The molecular formula is C10H12FO2. The quantitative estimate of drug-likeness (QED) is 0.739. The Morgan fingerprint density at radius 1 is 1.38 bits per heavy atom. The first-order valence-corrected chi connectivity index (χ1v) is 4.02. The Morgan fingerprint density at radius 3 is 2.62 bits per heavy atom. The molecule has 1 unspecified atom stereocenters. The number of hydrogen-bond acceptors (Lipinski definition) is 2. The molecule has 0 amide bonds. The van der Waals surface area contributed by atoms with Crippen LogP contribution < -0.4 is 0 Å². The van der Waals surface area contributed by atoms with Crippen molar-refractivity contribution < 1.29 is 14.6 Å². The Morgan fingerprint density at radius 2 is 2.08 bits per heavy atom. The Hall–Kier alpha value is -0.930. The van der Waals surface area contributed by atoms with E-state index in [0.717, 1.165) is 0 Å². The summed E-state index contributed by atoms with van der Waals surface area (Å²) in [6.45, 7) is 3.05. The number of benzene rings is 1. The lowest BCUT2D eigenvalue weighted by molar-refractivity contribution is 0.269. The average Bonchev–Trinajstić information content (AvgIpc) is 2.17. The van der Waals surface area contributed by atoms with Crippen molar-refractivity contribution in [2.45, 2.75) is 12.5 Å². The Kier molecular flexibility index (Phi) is 3.39. The van der Waals surface area contributed by atoms with Gasteiger partial charge in [-0.1, -0.05) is 18.2 Å². The minimum Gasteiger partial charge on any atom is -0.396 e. The number of rotatable bonds is 3. The maximum Gasteiger partial charge on any atom is 0.132 e. The summed E-state index contributed by atoms with van der Waals surface area (Å²) in [6.07, 6.45) is 0. The van der Waals surface area contributed by atoms with Crippen LogP contribution in [0.5, 0.6) is 0 Å². The largest absolute Gasteiger partial charge is 0.396 e. The van der Waals surface area contributed by atoms with Gasteiger partial charge in [-0.2, -0.15) is 0 Å². The molecule has 3 heteroatoms. The maximum atomic E-state index is 13.4. The zero-order chi connectivity index (χ0) is 9.84. The highest BCUT2D eigenvalue weighted by Gasteiger charge is 2.12. The van der Waals surface area contributed by atoms with Crippen molar-refractivity contribution >= 4 is 0 Å². The molecule has 2 nitrogen and oxygen atoms in total. The third-order valence-electron chi connectivity index (χ3n) is 1.94. The Bertz CT molecular complexity index is 286. The summed E-state index contributed by atoms with van der Waals surface area (Å²) >= 11 is 0. The molecule has 0 fully saturated rings. The van der Waals surface area contributed by atoms with E-state index in [2.05, 4.69) is 6.92 Å². The number of aliphatic hydroxyl groups excluding tert-OH is 2. The van der Waals surface area contributed by atoms with E-state index in [4.69, 9.17) is 10.2 Å². The minimum absolute atomic E-state index is 0.203. The van der Waals surface area contributed by atoms with Gasteiger partial charge in [-0.15, -0.1) is 0 Å². The topological polar surface area (TPSA) is 40.5 Å². The Labute approximate surface area is 76.6 Å². The van der Waals surface area contributed by atoms with Gasteiger partial charge in [0.2, 0.25) is 0 Å². The van der Waals surface area contributed by atoms with Crippen LogP contribution in [-0.4, -0.2) is 16.8 Å². The van der Waals surface area contributed by atoms with Crippen LogP contribution >= 0.6 is 0 Å². The molecule has 0 aliphatic rings. The molecule has 1 atom stereocenters. The first-order chi connectivity index (χ1) is 6.20.